The minimum absolute atomic E-state index is 0.0423. The van der Waals surface area contributed by atoms with E-state index in [1.54, 1.807) is 26.0 Å². The van der Waals surface area contributed by atoms with Gasteiger partial charge in [-0.15, -0.1) is 0 Å². The first-order chi connectivity index (χ1) is 7.50. The van der Waals surface area contributed by atoms with E-state index in [-0.39, 0.29) is 11.7 Å². The second kappa shape index (κ2) is 3.57. The van der Waals surface area contributed by atoms with Crippen molar-refractivity contribution in [2.75, 3.05) is 0 Å². The molecule has 0 spiro atoms. The van der Waals surface area contributed by atoms with Crippen LogP contribution >= 0.6 is 0 Å². The Labute approximate surface area is 91.6 Å². The number of H-pyrrole nitrogens is 1. The maximum Gasteiger partial charge on any atom is 0.299 e. The number of nitro groups is 1. The van der Waals surface area contributed by atoms with Crippen molar-refractivity contribution in [1.29, 1.82) is 0 Å². The van der Waals surface area contributed by atoms with Gasteiger partial charge in [-0.1, -0.05) is 6.07 Å². The zero-order valence-corrected chi connectivity index (χ0v) is 9.02. The molecule has 16 heavy (non-hydrogen) atoms. The Hall–Kier alpha value is -1.95. The van der Waals surface area contributed by atoms with Crippen molar-refractivity contribution >= 4 is 16.7 Å². The highest BCUT2D eigenvalue weighted by Crippen LogP contribution is 2.28. The average Bonchev–Trinajstić information content (AvgIpc) is 2.60. The molecule has 0 aliphatic heterocycles. The molecule has 0 fully saturated rings. The number of nitrogens with two attached hydrogens (primary N) is 1. The molecule has 0 radical (unpaired) electrons. The van der Waals surface area contributed by atoms with E-state index in [4.69, 9.17) is 5.73 Å². The van der Waals surface area contributed by atoms with Gasteiger partial charge in [0.05, 0.1) is 16.5 Å². The molecule has 0 bridgehead atoms. The fourth-order valence-corrected chi connectivity index (χ4v) is 1.63. The summed E-state index contributed by atoms with van der Waals surface area (Å²) in [6.45, 7) is 3.47. The number of benzene rings is 1. The molecule has 0 saturated heterocycles. The summed E-state index contributed by atoms with van der Waals surface area (Å²) in [4.78, 5) is 17.7. The lowest BCUT2D eigenvalue weighted by Gasteiger charge is -1.96. The van der Waals surface area contributed by atoms with E-state index >= 15 is 0 Å². The van der Waals surface area contributed by atoms with Crippen molar-refractivity contribution in [3.8, 4) is 0 Å². The predicted molar refractivity (Wildman–Crippen MR) is 60.1 cm³/mol. The van der Waals surface area contributed by atoms with Gasteiger partial charge in [-0.05, 0) is 19.9 Å². The van der Waals surface area contributed by atoms with E-state index in [1.165, 1.54) is 0 Å². The topological polar surface area (TPSA) is 97.8 Å². The third-order valence-electron chi connectivity index (χ3n) is 2.46. The van der Waals surface area contributed by atoms with E-state index in [0.29, 0.717) is 22.4 Å². The summed E-state index contributed by atoms with van der Waals surface area (Å²) in [5, 5.41) is 10.9. The van der Waals surface area contributed by atoms with E-state index in [0.717, 1.165) is 0 Å². The number of aryl methyl sites for hydroxylation is 1. The molecule has 0 saturated carbocycles. The summed E-state index contributed by atoms with van der Waals surface area (Å²) >= 11 is 0. The Balaban J connectivity index is 2.77. The number of nitrogens with one attached hydrogen (secondary N) is 1. The van der Waals surface area contributed by atoms with Gasteiger partial charge in [-0.2, -0.15) is 0 Å². The normalized spacial score (nSPS) is 12.9. The number of nitro benzene ring substituents is 1. The Morgan fingerprint density at radius 3 is 2.81 bits per heavy atom. The van der Waals surface area contributed by atoms with E-state index in [2.05, 4.69) is 9.97 Å². The summed E-state index contributed by atoms with van der Waals surface area (Å²) in [7, 11) is 0. The first-order valence-corrected chi connectivity index (χ1v) is 4.90. The van der Waals surface area contributed by atoms with Crippen LogP contribution in [0.1, 0.15) is 24.4 Å². The van der Waals surface area contributed by atoms with Gasteiger partial charge in [0.1, 0.15) is 5.82 Å². The van der Waals surface area contributed by atoms with Gasteiger partial charge in [-0.25, -0.2) is 4.98 Å². The van der Waals surface area contributed by atoms with Crippen LogP contribution in [-0.4, -0.2) is 14.9 Å². The quantitative estimate of drug-likeness (QED) is 0.595. The largest absolute Gasteiger partial charge is 0.340 e. The Bertz CT molecular complexity index is 559. The molecule has 1 aromatic heterocycles. The lowest BCUT2D eigenvalue weighted by Crippen LogP contribution is -2.06. The molecule has 3 N–H and O–H groups in total. The summed E-state index contributed by atoms with van der Waals surface area (Å²) in [5.41, 5.74) is 7.33. The minimum Gasteiger partial charge on any atom is -0.340 e. The van der Waals surface area contributed by atoms with E-state index < -0.39 is 4.92 Å². The van der Waals surface area contributed by atoms with Crippen LogP contribution in [0.3, 0.4) is 0 Å². The van der Waals surface area contributed by atoms with E-state index in [1.807, 2.05) is 0 Å². The predicted octanol–water partition coefficient (Wildman–Crippen LogP) is 1.80. The molecule has 2 rings (SSSR count). The number of rotatable bonds is 2. The fourth-order valence-electron chi connectivity index (χ4n) is 1.63. The molecule has 0 unspecified atom stereocenters. The number of aromatic amines is 1. The van der Waals surface area contributed by atoms with Crippen LogP contribution < -0.4 is 5.73 Å². The van der Waals surface area contributed by atoms with Crippen molar-refractivity contribution in [2.45, 2.75) is 19.9 Å². The van der Waals surface area contributed by atoms with Crippen molar-refractivity contribution in [1.82, 2.24) is 9.97 Å². The van der Waals surface area contributed by atoms with Crippen LogP contribution in [0, 0.1) is 17.0 Å². The highest BCUT2D eigenvalue weighted by atomic mass is 16.6. The smallest absolute Gasteiger partial charge is 0.299 e. The molecular formula is C10H12N4O2. The number of hydrogen-bond acceptors (Lipinski definition) is 4. The van der Waals surface area contributed by atoms with Crippen LogP contribution in [0.5, 0.6) is 0 Å². The number of hydrogen-bond donors (Lipinski definition) is 2. The zero-order valence-electron chi connectivity index (χ0n) is 9.02. The van der Waals surface area contributed by atoms with Crippen LogP contribution in [-0.2, 0) is 0 Å². The summed E-state index contributed by atoms with van der Waals surface area (Å²) in [5.74, 6) is 0.559. The maximum atomic E-state index is 10.9. The van der Waals surface area contributed by atoms with Gasteiger partial charge >= 0.3 is 0 Å². The molecular weight excluding hydrogens is 208 g/mol. The second-order valence-corrected chi connectivity index (χ2v) is 3.80. The lowest BCUT2D eigenvalue weighted by atomic mass is 10.2. The van der Waals surface area contributed by atoms with Gasteiger partial charge in [0.15, 0.2) is 5.52 Å². The van der Waals surface area contributed by atoms with Crippen molar-refractivity contribution in [2.24, 2.45) is 5.73 Å². The van der Waals surface area contributed by atoms with Gasteiger partial charge in [0.25, 0.3) is 5.69 Å². The van der Waals surface area contributed by atoms with Crippen LogP contribution in [0.25, 0.3) is 11.0 Å². The molecule has 6 heteroatoms. The third kappa shape index (κ3) is 1.53. The number of imidazole rings is 1. The van der Waals surface area contributed by atoms with Crippen LogP contribution in [0.2, 0.25) is 0 Å². The van der Waals surface area contributed by atoms with Gasteiger partial charge in [0, 0.05) is 5.56 Å². The van der Waals surface area contributed by atoms with Crippen molar-refractivity contribution in [3.05, 3.63) is 33.6 Å². The average molecular weight is 220 g/mol. The van der Waals surface area contributed by atoms with Gasteiger partial charge in [0.2, 0.25) is 0 Å². The Morgan fingerprint density at radius 2 is 2.25 bits per heavy atom. The monoisotopic (exact) mass is 220 g/mol. The molecule has 0 amide bonds. The van der Waals surface area contributed by atoms with Gasteiger partial charge < -0.3 is 10.7 Å². The van der Waals surface area contributed by atoms with Gasteiger partial charge in [-0.3, -0.25) is 10.1 Å². The third-order valence-corrected chi connectivity index (χ3v) is 2.46. The molecule has 0 aliphatic rings. The fraction of sp³-hybridized carbons (Fsp3) is 0.300. The Morgan fingerprint density at radius 1 is 1.56 bits per heavy atom. The second-order valence-electron chi connectivity index (χ2n) is 3.80. The maximum absolute atomic E-state index is 10.9. The molecule has 1 atom stereocenters. The minimum atomic E-state index is -0.413. The molecule has 2 aromatic rings. The summed E-state index contributed by atoms with van der Waals surface area (Å²) in [6.07, 6.45) is 0. The number of aromatic nitrogens is 2. The lowest BCUT2D eigenvalue weighted by molar-refractivity contribution is -0.383. The highest BCUT2D eigenvalue weighted by Gasteiger charge is 2.19. The first-order valence-electron chi connectivity index (χ1n) is 4.90. The number of fused-ring (bicyclic) bond motifs is 1. The SMILES string of the molecule is Cc1ccc2[nH]c([C@H](C)N)nc2c1[N+](=O)[O-]. The first kappa shape index (κ1) is 10.6. The summed E-state index contributed by atoms with van der Waals surface area (Å²) in [6, 6.07) is 3.20. The molecule has 6 nitrogen and oxygen atoms in total. The van der Waals surface area contributed by atoms with Crippen molar-refractivity contribution in [3.63, 3.8) is 0 Å². The Kier molecular flexibility index (Phi) is 2.35. The molecule has 0 aliphatic carbocycles. The zero-order chi connectivity index (χ0) is 11.9. The van der Waals surface area contributed by atoms with E-state index in [9.17, 15) is 10.1 Å². The number of nitrogens with zero attached hydrogens (tertiary/aromatic N) is 2. The van der Waals surface area contributed by atoms with Crippen LogP contribution in [0.15, 0.2) is 12.1 Å². The summed E-state index contributed by atoms with van der Waals surface area (Å²) < 4.78 is 0. The van der Waals surface area contributed by atoms with Crippen molar-refractivity contribution < 1.29 is 4.92 Å². The molecule has 1 aromatic carbocycles. The highest BCUT2D eigenvalue weighted by molar-refractivity contribution is 5.86. The van der Waals surface area contributed by atoms with Crippen LogP contribution in [0.4, 0.5) is 5.69 Å². The standard InChI is InChI=1S/C10H12N4O2/c1-5-3-4-7-8(9(5)14(15)16)13-10(12-7)6(2)11/h3-4,6H,11H2,1-2H3,(H,12,13)/t6-/m0/s1. The molecule has 1 heterocycles. The molecule has 84 valence electrons.